The van der Waals surface area contributed by atoms with Gasteiger partial charge in [0.25, 0.3) is 0 Å². The first-order valence-corrected chi connectivity index (χ1v) is 12.1. The van der Waals surface area contributed by atoms with Crippen LogP contribution < -0.4 is 10.6 Å². The Kier molecular flexibility index (Phi) is 12.2. The molecule has 0 bridgehead atoms. The number of hydrogen-bond donors (Lipinski definition) is 2. The molecule has 1 aliphatic heterocycles. The molecule has 1 saturated heterocycles. The van der Waals surface area contributed by atoms with Gasteiger partial charge in [0, 0.05) is 32.7 Å². The minimum atomic E-state index is -3.06. The quantitative estimate of drug-likeness (QED) is 0.214. The largest absolute Gasteiger partial charge is 0.356 e. The van der Waals surface area contributed by atoms with Crippen LogP contribution in [0, 0.1) is 5.92 Å². The van der Waals surface area contributed by atoms with Crippen molar-refractivity contribution in [1.29, 1.82) is 0 Å². The van der Waals surface area contributed by atoms with E-state index in [4.69, 9.17) is 0 Å². The highest BCUT2D eigenvalue weighted by molar-refractivity contribution is 14.0. The molecule has 0 radical (unpaired) electrons. The second kappa shape index (κ2) is 13.2. The minimum Gasteiger partial charge on any atom is -0.356 e. The lowest BCUT2D eigenvalue weighted by Gasteiger charge is -2.32. The second-order valence-corrected chi connectivity index (χ2v) is 9.87. The molecule has 1 saturated carbocycles. The van der Waals surface area contributed by atoms with Gasteiger partial charge in [-0.1, -0.05) is 45.4 Å². The number of nitrogens with zero attached hydrogens (tertiary/aromatic N) is 2. The number of nitrogens with one attached hydrogen (secondary N) is 2. The summed E-state index contributed by atoms with van der Waals surface area (Å²) in [6.45, 7) is 4.09. The van der Waals surface area contributed by atoms with Crippen molar-refractivity contribution < 1.29 is 8.42 Å². The van der Waals surface area contributed by atoms with Gasteiger partial charge in [0.05, 0.1) is 5.75 Å². The summed E-state index contributed by atoms with van der Waals surface area (Å²) in [6.07, 6.45) is 11.9. The second-order valence-electron chi connectivity index (χ2n) is 7.78. The van der Waals surface area contributed by atoms with Gasteiger partial charge in [-0.2, -0.15) is 0 Å². The van der Waals surface area contributed by atoms with Crippen molar-refractivity contribution in [1.82, 2.24) is 14.9 Å². The fourth-order valence-electron chi connectivity index (χ4n) is 4.12. The molecule has 0 aromatic heterocycles. The molecule has 1 aliphatic carbocycles. The predicted octanol–water partition coefficient (Wildman–Crippen LogP) is 3.33. The molecular formula is C19H39IN4O2S. The zero-order valence-corrected chi connectivity index (χ0v) is 20.2. The van der Waals surface area contributed by atoms with Crippen molar-refractivity contribution in [3.63, 3.8) is 0 Å². The van der Waals surface area contributed by atoms with Gasteiger partial charge in [0.2, 0.25) is 10.0 Å². The van der Waals surface area contributed by atoms with Crippen LogP contribution >= 0.6 is 24.0 Å². The Hall–Kier alpha value is -0.0900. The molecule has 8 heteroatoms. The van der Waals surface area contributed by atoms with Crippen molar-refractivity contribution in [2.75, 3.05) is 32.4 Å². The standard InChI is InChI=1S/C19H38N4O2S.HI/c1-3-16-26(24,25)23-14-11-18(12-15-23)22-19(20-2)21-13-7-6-10-17-8-4-5-9-17;/h17-18H,3-16H2,1-2H3,(H2,20,21,22);1H. The summed E-state index contributed by atoms with van der Waals surface area (Å²) in [5, 5.41) is 6.87. The fourth-order valence-corrected chi connectivity index (χ4v) is 5.66. The molecule has 0 aromatic rings. The molecule has 2 N–H and O–H groups in total. The molecule has 0 amide bonds. The van der Waals surface area contributed by atoms with Gasteiger partial charge in [0.15, 0.2) is 5.96 Å². The maximum absolute atomic E-state index is 12.1. The van der Waals surface area contributed by atoms with E-state index in [1.54, 1.807) is 11.4 Å². The van der Waals surface area contributed by atoms with Crippen LogP contribution in [0.3, 0.4) is 0 Å². The van der Waals surface area contributed by atoms with E-state index in [0.29, 0.717) is 25.6 Å². The number of rotatable bonds is 9. The zero-order valence-electron chi connectivity index (χ0n) is 17.1. The molecule has 2 rings (SSSR count). The highest BCUT2D eigenvalue weighted by Crippen LogP contribution is 2.28. The van der Waals surface area contributed by atoms with Crippen LogP contribution in [0.2, 0.25) is 0 Å². The lowest BCUT2D eigenvalue weighted by atomic mass is 10.0. The first-order chi connectivity index (χ1) is 12.5. The van der Waals surface area contributed by atoms with Crippen molar-refractivity contribution in [2.24, 2.45) is 10.9 Å². The van der Waals surface area contributed by atoms with Crippen molar-refractivity contribution >= 4 is 40.0 Å². The van der Waals surface area contributed by atoms with E-state index in [0.717, 1.165) is 31.3 Å². The molecule has 27 heavy (non-hydrogen) atoms. The van der Waals surface area contributed by atoms with E-state index in [9.17, 15) is 8.42 Å². The topological polar surface area (TPSA) is 73.8 Å². The third-order valence-corrected chi connectivity index (χ3v) is 7.76. The van der Waals surface area contributed by atoms with Gasteiger partial charge in [0.1, 0.15) is 0 Å². The van der Waals surface area contributed by atoms with E-state index in [2.05, 4.69) is 15.6 Å². The first kappa shape index (κ1) is 24.9. The molecule has 0 atom stereocenters. The molecular weight excluding hydrogens is 475 g/mol. The average molecular weight is 515 g/mol. The Morgan fingerprint density at radius 1 is 1.11 bits per heavy atom. The van der Waals surface area contributed by atoms with E-state index >= 15 is 0 Å². The number of unbranched alkanes of at least 4 members (excludes halogenated alkanes) is 1. The summed E-state index contributed by atoms with van der Waals surface area (Å²) in [4.78, 5) is 4.32. The minimum absolute atomic E-state index is 0. The summed E-state index contributed by atoms with van der Waals surface area (Å²) in [5.41, 5.74) is 0. The van der Waals surface area contributed by atoms with Crippen LogP contribution in [-0.4, -0.2) is 57.2 Å². The normalized spacial score (nSPS) is 20.4. The number of sulfonamides is 1. The summed E-state index contributed by atoms with van der Waals surface area (Å²) in [7, 11) is -1.26. The van der Waals surface area contributed by atoms with Crippen molar-refractivity contribution in [2.45, 2.75) is 77.2 Å². The Balaban J connectivity index is 0.00000364. The van der Waals surface area contributed by atoms with E-state index in [-0.39, 0.29) is 29.7 Å². The van der Waals surface area contributed by atoms with Gasteiger partial charge in [-0.25, -0.2) is 12.7 Å². The van der Waals surface area contributed by atoms with Crippen LogP contribution in [0.5, 0.6) is 0 Å². The van der Waals surface area contributed by atoms with Gasteiger partial charge >= 0.3 is 0 Å². The Morgan fingerprint density at radius 3 is 2.37 bits per heavy atom. The van der Waals surface area contributed by atoms with Crippen molar-refractivity contribution in [3.05, 3.63) is 0 Å². The van der Waals surface area contributed by atoms with Crippen molar-refractivity contribution in [3.8, 4) is 0 Å². The zero-order chi connectivity index (χ0) is 18.8. The summed E-state index contributed by atoms with van der Waals surface area (Å²) >= 11 is 0. The average Bonchev–Trinajstić information content (AvgIpc) is 3.14. The third-order valence-electron chi connectivity index (χ3n) is 5.68. The molecule has 2 fully saturated rings. The summed E-state index contributed by atoms with van der Waals surface area (Å²) in [5.74, 6) is 2.08. The lowest BCUT2D eigenvalue weighted by Crippen LogP contribution is -2.50. The van der Waals surface area contributed by atoms with Crippen LogP contribution in [0.25, 0.3) is 0 Å². The number of guanidine groups is 1. The van der Waals surface area contributed by atoms with Crippen LogP contribution in [0.4, 0.5) is 0 Å². The molecule has 0 spiro atoms. The van der Waals surface area contributed by atoms with Crippen LogP contribution in [-0.2, 0) is 10.0 Å². The Labute approximate surface area is 183 Å². The number of halogens is 1. The Bertz CT molecular complexity index is 528. The maximum atomic E-state index is 12.1. The lowest BCUT2D eigenvalue weighted by molar-refractivity contribution is 0.306. The van der Waals surface area contributed by atoms with Crippen LogP contribution in [0.15, 0.2) is 4.99 Å². The van der Waals surface area contributed by atoms with E-state index in [1.165, 1.54) is 44.9 Å². The molecule has 6 nitrogen and oxygen atoms in total. The highest BCUT2D eigenvalue weighted by atomic mass is 127. The highest BCUT2D eigenvalue weighted by Gasteiger charge is 2.27. The molecule has 1 heterocycles. The SMILES string of the molecule is CCCS(=O)(=O)N1CCC(NC(=NC)NCCCCC2CCCC2)CC1.I. The number of hydrogen-bond acceptors (Lipinski definition) is 3. The molecule has 0 unspecified atom stereocenters. The summed E-state index contributed by atoms with van der Waals surface area (Å²) < 4.78 is 25.9. The third kappa shape index (κ3) is 8.85. The van der Waals surface area contributed by atoms with Gasteiger partial charge < -0.3 is 10.6 Å². The smallest absolute Gasteiger partial charge is 0.214 e. The molecule has 2 aliphatic rings. The van der Waals surface area contributed by atoms with E-state index < -0.39 is 10.0 Å². The number of aliphatic imine (C=N–C) groups is 1. The monoisotopic (exact) mass is 514 g/mol. The molecule has 0 aromatic carbocycles. The fraction of sp³-hybridized carbons (Fsp3) is 0.947. The molecule has 160 valence electrons. The van der Waals surface area contributed by atoms with Gasteiger partial charge in [-0.15, -0.1) is 24.0 Å². The predicted molar refractivity (Wildman–Crippen MR) is 124 cm³/mol. The van der Waals surface area contributed by atoms with Gasteiger partial charge in [-0.05, 0) is 31.6 Å². The van der Waals surface area contributed by atoms with E-state index in [1.807, 2.05) is 6.92 Å². The van der Waals surface area contributed by atoms with Crippen LogP contribution in [0.1, 0.15) is 71.1 Å². The number of piperidine rings is 1. The first-order valence-electron chi connectivity index (χ1n) is 10.5. The van der Waals surface area contributed by atoms with Gasteiger partial charge in [-0.3, -0.25) is 4.99 Å². The maximum Gasteiger partial charge on any atom is 0.214 e. The Morgan fingerprint density at radius 2 is 1.78 bits per heavy atom. The summed E-state index contributed by atoms with van der Waals surface area (Å²) in [6, 6.07) is 0.299.